The minimum Gasteiger partial charge on any atom is -0.313 e. The van der Waals surface area contributed by atoms with Gasteiger partial charge in [0.2, 0.25) is 0 Å². The fraction of sp³-hybridized carbons (Fsp3) is 0.545. The van der Waals surface area contributed by atoms with Gasteiger partial charge < -0.3 is 5.32 Å². The van der Waals surface area contributed by atoms with Gasteiger partial charge in [-0.2, -0.15) is 0 Å². The van der Waals surface area contributed by atoms with Crippen LogP contribution in [-0.4, -0.2) is 38.2 Å². The minimum atomic E-state index is -2.88. The van der Waals surface area contributed by atoms with Crippen LogP contribution in [0.15, 0.2) is 23.4 Å². The zero-order chi connectivity index (χ0) is 12.9. The predicted octanol–water partition coefficient (Wildman–Crippen LogP) is 1.50. The molecule has 1 heterocycles. The van der Waals surface area contributed by atoms with Gasteiger partial charge in [-0.05, 0) is 25.6 Å². The van der Waals surface area contributed by atoms with Gasteiger partial charge in [0, 0.05) is 24.2 Å². The Kier molecular flexibility index (Phi) is 5.42. The molecule has 0 spiro atoms. The van der Waals surface area contributed by atoms with Gasteiger partial charge in [-0.3, -0.25) is 0 Å². The lowest BCUT2D eigenvalue weighted by atomic mass is 10.1. The topological polar surface area (TPSA) is 59.1 Å². The number of nitrogens with zero attached hydrogens (tertiary/aromatic N) is 1. The van der Waals surface area contributed by atoms with Gasteiger partial charge in [0.15, 0.2) is 0 Å². The Morgan fingerprint density at radius 3 is 2.65 bits per heavy atom. The molecule has 1 atom stereocenters. The number of hydrogen-bond donors (Lipinski definition) is 1. The SMILES string of the molecule is CNC(C)c1ccc(SCCS(C)(=O)=O)nc1. The average molecular weight is 274 g/mol. The van der Waals surface area contributed by atoms with Crippen LogP contribution in [0.25, 0.3) is 0 Å². The van der Waals surface area contributed by atoms with Crippen molar-refractivity contribution in [3.05, 3.63) is 23.9 Å². The van der Waals surface area contributed by atoms with E-state index in [9.17, 15) is 8.42 Å². The lowest BCUT2D eigenvalue weighted by Gasteiger charge is -2.10. The molecule has 0 aliphatic rings. The second-order valence-corrected chi connectivity index (χ2v) is 7.29. The second kappa shape index (κ2) is 6.37. The van der Waals surface area contributed by atoms with E-state index in [1.807, 2.05) is 25.4 Å². The molecule has 1 aromatic heterocycles. The third-order valence-electron chi connectivity index (χ3n) is 2.40. The lowest BCUT2D eigenvalue weighted by Crippen LogP contribution is -2.12. The van der Waals surface area contributed by atoms with E-state index in [4.69, 9.17) is 0 Å². The molecule has 0 aliphatic carbocycles. The second-order valence-electron chi connectivity index (χ2n) is 3.92. The molecule has 6 heteroatoms. The number of rotatable bonds is 6. The Bertz CT molecular complexity index is 443. The number of aromatic nitrogens is 1. The van der Waals surface area contributed by atoms with E-state index < -0.39 is 9.84 Å². The molecule has 0 saturated heterocycles. The highest BCUT2D eigenvalue weighted by atomic mass is 32.2. The van der Waals surface area contributed by atoms with Crippen molar-refractivity contribution in [2.75, 3.05) is 24.8 Å². The van der Waals surface area contributed by atoms with E-state index in [1.165, 1.54) is 18.0 Å². The number of nitrogens with one attached hydrogen (secondary N) is 1. The van der Waals surface area contributed by atoms with Crippen molar-refractivity contribution in [3.8, 4) is 0 Å². The van der Waals surface area contributed by atoms with Gasteiger partial charge in [-0.25, -0.2) is 13.4 Å². The Labute approximate surface area is 107 Å². The highest BCUT2D eigenvalue weighted by Crippen LogP contribution is 2.18. The molecule has 0 amide bonds. The summed E-state index contributed by atoms with van der Waals surface area (Å²) in [5, 5.41) is 4.00. The fourth-order valence-corrected chi connectivity index (χ4v) is 3.24. The van der Waals surface area contributed by atoms with Crippen molar-refractivity contribution in [1.29, 1.82) is 0 Å². The van der Waals surface area contributed by atoms with Gasteiger partial charge in [0.25, 0.3) is 0 Å². The molecule has 1 aromatic rings. The van der Waals surface area contributed by atoms with E-state index >= 15 is 0 Å². The minimum absolute atomic E-state index is 0.189. The summed E-state index contributed by atoms with van der Waals surface area (Å²) in [5.41, 5.74) is 1.12. The van der Waals surface area contributed by atoms with Gasteiger partial charge in [-0.15, -0.1) is 11.8 Å². The monoisotopic (exact) mass is 274 g/mol. The van der Waals surface area contributed by atoms with Crippen molar-refractivity contribution in [2.24, 2.45) is 0 Å². The molecule has 0 radical (unpaired) electrons. The number of hydrogen-bond acceptors (Lipinski definition) is 5. The van der Waals surface area contributed by atoms with E-state index in [1.54, 1.807) is 0 Å². The molecule has 0 aliphatic heterocycles. The first kappa shape index (κ1) is 14.5. The van der Waals surface area contributed by atoms with Gasteiger partial charge in [0.05, 0.1) is 10.8 Å². The maximum Gasteiger partial charge on any atom is 0.148 e. The van der Waals surface area contributed by atoms with Crippen LogP contribution in [0.5, 0.6) is 0 Å². The normalized spacial score (nSPS) is 13.6. The average Bonchev–Trinajstić information content (AvgIpc) is 2.27. The molecular weight excluding hydrogens is 256 g/mol. The molecule has 1 unspecified atom stereocenters. The van der Waals surface area contributed by atoms with Gasteiger partial charge in [0.1, 0.15) is 9.84 Å². The summed E-state index contributed by atoms with van der Waals surface area (Å²) in [7, 11) is -0.976. The molecule has 0 aromatic carbocycles. The molecule has 0 fully saturated rings. The van der Waals surface area contributed by atoms with Gasteiger partial charge in [-0.1, -0.05) is 6.07 Å². The summed E-state index contributed by atoms with van der Waals surface area (Å²) in [4.78, 5) is 4.30. The maximum atomic E-state index is 11.0. The maximum absolute atomic E-state index is 11.0. The first-order valence-corrected chi connectivity index (χ1v) is 8.41. The summed E-state index contributed by atoms with van der Waals surface area (Å²) < 4.78 is 21.9. The summed E-state index contributed by atoms with van der Waals surface area (Å²) >= 11 is 1.46. The molecule has 1 rings (SSSR count). The van der Waals surface area contributed by atoms with E-state index in [0.29, 0.717) is 5.75 Å². The van der Waals surface area contributed by atoms with E-state index in [-0.39, 0.29) is 11.8 Å². The lowest BCUT2D eigenvalue weighted by molar-refractivity contribution is 0.603. The van der Waals surface area contributed by atoms with E-state index in [0.717, 1.165) is 10.6 Å². The van der Waals surface area contributed by atoms with Crippen LogP contribution in [0.3, 0.4) is 0 Å². The molecule has 17 heavy (non-hydrogen) atoms. The summed E-state index contributed by atoms with van der Waals surface area (Å²) in [6, 6.07) is 4.21. The first-order valence-electron chi connectivity index (χ1n) is 5.36. The molecule has 4 nitrogen and oxygen atoms in total. The van der Waals surface area contributed by atoms with Crippen molar-refractivity contribution in [3.63, 3.8) is 0 Å². The summed E-state index contributed by atoms with van der Waals surface area (Å²) in [5.74, 6) is 0.737. The number of thioether (sulfide) groups is 1. The molecule has 0 saturated carbocycles. The highest BCUT2D eigenvalue weighted by molar-refractivity contribution is 8.00. The smallest absolute Gasteiger partial charge is 0.148 e. The third-order valence-corrected chi connectivity index (χ3v) is 4.55. The Hall–Kier alpha value is -0.590. The van der Waals surface area contributed by atoms with Crippen LogP contribution < -0.4 is 5.32 Å². The van der Waals surface area contributed by atoms with Crippen molar-refractivity contribution < 1.29 is 8.42 Å². The number of pyridine rings is 1. The zero-order valence-corrected chi connectivity index (χ0v) is 11.9. The number of sulfone groups is 1. The van der Waals surface area contributed by atoms with Crippen LogP contribution in [0.2, 0.25) is 0 Å². The van der Waals surface area contributed by atoms with Crippen LogP contribution >= 0.6 is 11.8 Å². The Morgan fingerprint density at radius 2 is 2.18 bits per heavy atom. The van der Waals surface area contributed by atoms with Crippen LogP contribution in [0.1, 0.15) is 18.5 Å². The van der Waals surface area contributed by atoms with Gasteiger partial charge >= 0.3 is 0 Å². The van der Waals surface area contributed by atoms with Crippen molar-refractivity contribution in [2.45, 2.75) is 18.0 Å². The predicted molar refractivity (Wildman–Crippen MR) is 72.1 cm³/mol. The van der Waals surface area contributed by atoms with Crippen LogP contribution in [0.4, 0.5) is 0 Å². The first-order chi connectivity index (χ1) is 7.92. The van der Waals surface area contributed by atoms with Crippen molar-refractivity contribution in [1.82, 2.24) is 10.3 Å². The van der Waals surface area contributed by atoms with Crippen LogP contribution in [0, 0.1) is 0 Å². The third kappa shape index (κ3) is 5.52. The highest BCUT2D eigenvalue weighted by Gasteiger charge is 2.05. The summed E-state index contributed by atoms with van der Waals surface area (Å²) in [6.07, 6.45) is 3.07. The molecular formula is C11H18N2O2S2. The quantitative estimate of drug-likeness (QED) is 0.797. The Morgan fingerprint density at radius 1 is 1.47 bits per heavy atom. The molecule has 96 valence electrons. The molecule has 1 N–H and O–H groups in total. The van der Waals surface area contributed by atoms with Crippen LogP contribution in [-0.2, 0) is 9.84 Å². The fourth-order valence-electron chi connectivity index (χ4n) is 1.20. The standard InChI is InChI=1S/C11H18N2O2S2/c1-9(12-2)10-4-5-11(13-8-10)16-6-7-17(3,14)15/h4-5,8-9,12H,6-7H2,1-3H3. The zero-order valence-electron chi connectivity index (χ0n) is 10.3. The largest absolute Gasteiger partial charge is 0.313 e. The molecule has 0 bridgehead atoms. The Balaban J connectivity index is 2.51. The summed E-state index contributed by atoms with van der Waals surface area (Å²) in [6.45, 7) is 2.06. The van der Waals surface area contributed by atoms with Crippen molar-refractivity contribution >= 4 is 21.6 Å². The van der Waals surface area contributed by atoms with E-state index in [2.05, 4.69) is 17.2 Å².